The van der Waals surface area contributed by atoms with Crippen LogP contribution >= 0.6 is 0 Å². The summed E-state index contributed by atoms with van der Waals surface area (Å²) in [6.07, 6.45) is -0.435. The van der Waals surface area contributed by atoms with Gasteiger partial charge in [-0.1, -0.05) is 121 Å². The standard InChI is InChI=1S/C33H27N5/c1-22(38-34)23-16-18-25(19-17-23)29-21-20-24-10-8-9-15-28(24)30(29)33-36-31(26-11-4-2-5-12-26)35-32(37-33)27-13-6-3-7-14-27/h2-21,33H,34H2,1H3,(H,35,36,37)/b38-22+. The van der Waals surface area contributed by atoms with E-state index in [1.165, 1.54) is 0 Å². The Kier molecular flexibility index (Phi) is 6.24. The van der Waals surface area contributed by atoms with Gasteiger partial charge < -0.3 is 11.2 Å². The summed E-state index contributed by atoms with van der Waals surface area (Å²) in [5.41, 5.74) is 7.08. The Bertz CT molecular complexity index is 1630. The van der Waals surface area contributed by atoms with Crippen molar-refractivity contribution in [2.75, 3.05) is 0 Å². The van der Waals surface area contributed by atoms with Gasteiger partial charge in [0.2, 0.25) is 0 Å². The van der Waals surface area contributed by atoms with Crippen LogP contribution in [0.1, 0.15) is 35.3 Å². The summed E-state index contributed by atoms with van der Waals surface area (Å²) >= 11 is 0. The van der Waals surface area contributed by atoms with Crippen LogP contribution < -0.4 is 11.2 Å². The van der Waals surface area contributed by atoms with Gasteiger partial charge in [-0.2, -0.15) is 5.10 Å². The average Bonchev–Trinajstić information content (AvgIpc) is 3.01. The van der Waals surface area contributed by atoms with Crippen LogP contribution in [0.2, 0.25) is 0 Å². The minimum atomic E-state index is -0.435. The van der Waals surface area contributed by atoms with Gasteiger partial charge in [-0.15, -0.1) is 0 Å². The summed E-state index contributed by atoms with van der Waals surface area (Å²) in [6.45, 7) is 1.91. The molecule has 5 aromatic carbocycles. The van der Waals surface area contributed by atoms with Gasteiger partial charge in [0.1, 0.15) is 11.7 Å². The number of benzene rings is 5. The van der Waals surface area contributed by atoms with Crippen molar-refractivity contribution in [3.63, 3.8) is 0 Å². The highest BCUT2D eigenvalue weighted by Gasteiger charge is 2.24. The van der Waals surface area contributed by atoms with Crippen LogP contribution in [0.25, 0.3) is 21.9 Å². The highest BCUT2D eigenvalue weighted by molar-refractivity contribution is 6.16. The van der Waals surface area contributed by atoms with Crippen molar-refractivity contribution in [3.05, 3.63) is 144 Å². The van der Waals surface area contributed by atoms with Crippen LogP contribution in [0.5, 0.6) is 0 Å². The molecular weight excluding hydrogens is 466 g/mol. The molecule has 184 valence electrons. The van der Waals surface area contributed by atoms with Crippen molar-refractivity contribution in [1.29, 1.82) is 0 Å². The molecule has 0 saturated heterocycles. The molecule has 5 heteroatoms. The fourth-order valence-corrected chi connectivity index (χ4v) is 4.86. The molecule has 38 heavy (non-hydrogen) atoms. The first-order valence-electron chi connectivity index (χ1n) is 12.6. The van der Waals surface area contributed by atoms with Gasteiger partial charge in [-0.25, -0.2) is 9.98 Å². The predicted octanol–water partition coefficient (Wildman–Crippen LogP) is 6.68. The molecular formula is C33H27N5. The van der Waals surface area contributed by atoms with Crippen molar-refractivity contribution in [3.8, 4) is 11.1 Å². The smallest absolute Gasteiger partial charge is 0.170 e. The molecule has 0 aliphatic carbocycles. The molecule has 5 nitrogen and oxygen atoms in total. The van der Waals surface area contributed by atoms with Crippen molar-refractivity contribution in [1.82, 2.24) is 5.32 Å². The van der Waals surface area contributed by atoms with Gasteiger partial charge in [0.25, 0.3) is 0 Å². The molecule has 0 fully saturated rings. The van der Waals surface area contributed by atoms with Crippen LogP contribution in [0.15, 0.2) is 136 Å². The first kappa shape index (κ1) is 23.4. The number of hydrazone groups is 1. The Labute approximate surface area is 222 Å². The van der Waals surface area contributed by atoms with E-state index in [1.54, 1.807) is 0 Å². The van der Waals surface area contributed by atoms with E-state index in [-0.39, 0.29) is 0 Å². The summed E-state index contributed by atoms with van der Waals surface area (Å²) in [6, 6.07) is 41.5. The molecule has 6 rings (SSSR count). The van der Waals surface area contributed by atoms with E-state index < -0.39 is 6.17 Å². The van der Waals surface area contributed by atoms with E-state index in [9.17, 15) is 0 Å². The predicted molar refractivity (Wildman–Crippen MR) is 158 cm³/mol. The number of hydrogen-bond donors (Lipinski definition) is 2. The first-order chi connectivity index (χ1) is 18.7. The van der Waals surface area contributed by atoms with E-state index in [0.29, 0.717) is 0 Å². The topological polar surface area (TPSA) is 75.1 Å². The van der Waals surface area contributed by atoms with Crippen LogP contribution in [0.4, 0.5) is 0 Å². The Morgan fingerprint density at radius 2 is 1.24 bits per heavy atom. The quantitative estimate of drug-likeness (QED) is 0.163. The minimum absolute atomic E-state index is 0.435. The second-order valence-corrected chi connectivity index (χ2v) is 9.23. The molecule has 0 spiro atoms. The molecule has 0 saturated carbocycles. The number of hydrogen-bond acceptors (Lipinski definition) is 5. The van der Waals surface area contributed by atoms with Gasteiger partial charge in [0.05, 0.1) is 5.71 Å². The number of fused-ring (bicyclic) bond motifs is 1. The Morgan fingerprint density at radius 3 is 1.84 bits per heavy atom. The molecule has 0 amide bonds. The van der Waals surface area contributed by atoms with Gasteiger partial charge in [-0.05, 0) is 34.4 Å². The normalized spacial score (nSPS) is 14.1. The molecule has 0 aromatic heterocycles. The SMILES string of the molecule is C/C(=N\N)c1ccc(-c2ccc3ccccc3c2C2N=C(c3ccccc3)NC(c3ccccc3)=N2)cc1. The molecule has 1 aliphatic heterocycles. The fraction of sp³-hybridized carbons (Fsp3) is 0.0606. The minimum Gasteiger partial charge on any atom is -0.324 e. The number of aliphatic imine (C=N–C) groups is 2. The van der Waals surface area contributed by atoms with E-state index in [4.69, 9.17) is 15.8 Å². The number of nitrogens with one attached hydrogen (secondary N) is 1. The van der Waals surface area contributed by atoms with Crippen molar-refractivity contribution < 1.29 is 0 Å². The van der Waals surface area contributed by atoms with E-state index in [1.807, 2.05) is 43.3 Å². The monoisotopic (exact) mass is 493 g/mol. The zero-order valence-corrected chi connectivity index (χ0v) is 21.0. The number of rotatable bonds is 5. The molecule has 0 radical (unpaired) electrons. The van der Waals surface area contributed by atoms with Crippen molar-refractivity contribution >= 4 is 28.2 Å². The molecule has 0 atom stereocenters. The molecule has 0 unspecified atom stereocenters. The second-order valence-electron chi connectivity index (χ2n) is 9.23. The Balaban J connectivity index is 1.57. The lowest BCUT2D eigenvalue weighted by molar-refractivity contribution is 0.764. The number of amidine groups is 2. The van der Waals surface area contributed by atoms with Gasteiger partial charge in [-0.3, -0.25) is 0 Å². The van der Waals surface area contributed by atoms with E-state index >= 15 is 0 Å². The van der Waals surface area contributed by atoms with Gasteiger partial charge in [0.15, 0.2) is 6.17 Å². The summed E-state index contributed by atoms with van der Waals surface area (Å²) < 4.78 is 0. The number of nitrogens with two attached hydrogens (primary N) is 1. The molecule has 3 N–H and O–H groups in total. The summed E-state index contributed by atoms with van der Waals surface area (Å²) in [7, 11) is 0. The maximum Gasteiger partial charge on any atom is 0.170 e. The fourth-order valence-electron chi connectivity index (χ4n) is 4.86. The second kappa shape index (κ2) is 10.1. The third-order valence-electron chi connectivity index (χ3n) is 6.87. The van der Waals surface area contributed by atoms with Gasteiger partial charge >= 0.3 is 0 Å². The third-order valence-corrected chi connectivity index (χ3v) is 6.87. The maximum absolute atomic E-state index is 5.51. The summed E-state index contributed by atoms with van der Waals surface area (Å²) in [5, 5.41) is 9.62. The Hall–Kier alpha value is -5.03. The van der Waals surface area contributed by atoms with Crippen molar-refractivity contribution in [2.24, 2.45) is 20.9 Å². The maximum atomic E-state index is 5.51. The Morgan fingerprint density at radius 1 is 0.658 bits per heavy atom. The highest BCUT2D eigenvalue weighted by atomic mass is 15.2. The van der Waals surface area contributed by atoms with Crippen LogP contribution in [-0.2, 0) is 0 Å². The summed E-state index contributed by atoms with van der Waals surface area (Å²) in [5.74, 6) is 7.11. The molecule has 1 aliphatic rings. The van der Waals surface area contributed by atoms with E-state index in [0.717, 1.165) is 61.5 Å². The van der Waals surface area contributed by atoms with Crippen LogP contribution in [-0.4, -0.2) is 17.4 Å². The molecule has 5 aromatic rings. The van der Waals surface area contributed by atoms with Crippen LogP contribution in [0.3, 0.4) is 0 Å². The van der Waals surface area contributed by atoms with Gasteiger partial charge in [0, 0.05) is 16.7 Å². The molecule has 1 heterocycles. The molecule has 0 bridgehead atoms. The average molecular weight is 494 g/mol. The lowest BCUT2D eigenvalue weighted by Crippen LogP contribution is -2.36. The zero-order chi connectivity index (χ0) is 25.9. The highest BCUT2D eigenvalue weighted by Crippen LogP contribution is 2.38. The van der Waals surface area contributed by atoms with Crippen molar-refractivity contribution in [2.45, 2.75) is 13.1 Å². The lowest BCUT2D eigenvalue weighted by atomic mass is 9.91. The van der Waals surface area contributed by atoms with E-state index in [2.05, 4.69) is 95.3 Å². The first-order valence-corrected chi connectivity index (χ1v) is 12.6. The largest absolute Gasteiger partial charge is 0.324 e. The lowest BCUT2D eigenvalue weighted by Gasteiger charge is -2.25. The zero-order valence-electron chi connectivity index (χ0n) is 21.0. The van der Waals surface area contributed by atoms with Crippen LogP contribution in [0, 0.1) is 0 Å². The third kappa shape index (κ3) is 4.46. The number of nitrogens with zero attached hydrogens (tertiary/aromatic N) is 3. The summed E-state index contributed by atoms with van der Waals surface area (Å²) in [4.78, 5) is 10.4.